The minimum absolute atomic E-state index is 0.0149. The molecule has 1 aliphatic carbocycles. The summed E-state index contributed by atoms with van der Waals surface area (Å²) >= 11 is 2.20. The molecule has 0 aromatic carbocycles. The molecule has 1 heterocycles. The zero-order chi connectivity index (χ0) is 21.6. The molecule has 160 valence electrons. The molecule has 28 heavy (non-hydrogen) atoms. The maximum absolute atomic E-state index is 12.9. The summed E-state index contributed by atoms with van der Waals surface area (Å²) in [6, 6.07) is 0. The Labute approximate surface area is 183 Å². The van der Waals surface area contributed by atoms with Crippen LogP contribution in [-0.2, 0) is 21.3 Å². The summed E-state index contributed by atoms with van der Waals surface area (Å²) in [5, 5.41) is 0.186. The van der Waals surface area contributed by atoms with Crippen LogP contribution in [-0.4, -0.2) is 34.2 Å². The van der Waals surface area contributed by atoms with Gasteiger partial charge in [-0.25, -0.2) is 9.97 Å². The van der Waals surface area contributed by atoms with Crippen LogP contribution < -0.4 is 4.72 Å². The number of halogens is 1. The second kappa shape index (κ2) is 7.93. The van der Waals surface area contributed by atoms with Crippen LogP contribution >= 0.6 is 15.9 Å². The SMILES string of the molecule is CC(C)(C)[S@@+]([O-])N[C@]1(c2ncc(Br)cn2)C[C@](C)(CO[Si](C)(C)C(C)(C)C)C1. The molecule has 2 rings (SSSR count). The topological polar surface area (TPSA) is 70.1 Å². The van der Waals surface area contributed by atoms with Crippen LogP contribution in [0.1, 0.15) is 67.1 Å². The van der Waals surface area contributed by atoms with Gasteiger partial charge in [-0.15, -0.1) is 4.72 Å². The molecule has 0 aliphatic heterocycles. The predicted octanol–water partition coefficient (Wildman–Crippen LogP) is 5.31. The Morgan fingerprint density at radius 3 is 2.11 bits per heavy atom. The molecule has 1 aromatic rings. The summed E-state index contributed by atoms with van der Waals surface area (Å²) in [5.41, 5.74) is -0.467. The van der Waals surface area contributed by atoms with E-state index in [1.54, 1.807) is 12.4 Å². The summed E-state index contributed by atoms with van der Waals surface area (Å²) in [6.07, 6.45) is 5.12. The van der Waals surface area contributed by atoms with Crippen molar-refractivity contribution in [2.45, 2.75) is 89.7 Å². The highest BCUT2D eigenvalue weighted by molar-refractivity contribution is 9.10. The smallest absolute Gasteiger partial charge is 0.192 e. The molecule has 1 saturated carbocycles. The molecule has 1 fully saturated rings. The summed E-state index contributed by atoms with van der Waals surface area (Å²) in [4.78, 5) is 9.07. The largest absolute Gasteiger partial charge is 0.598 e. The average molecular weight is 491 g/mol. The van der Waals surface area contributed by atoms with Crippen molar-refractivity contribution in [3.63, 3.8) is 0 Å². The standard InChI is InChI=1S/C20H36BrN3O2SSi/c1-17(2,3)27(25)24-20(16-22-10-15(21)11-23-16)12-19(7,13-20)14-26-28(8,9)18(4,5)6/h10-11,24H,12-14H2,1-9H3/t19-,20+,27-/m1/s1. The number of hydrogen-bond acceptors (Lipinski definition) is 5. The van der Waals surface area contributed by atoms with Gasteiger partial charge in [0.2, 0.25) is 0 Å². The predicted molar refractivity (Wildman–Crippen MR) is 123 cm³/mol. The maximum Gasteiger partial charge on any atom is 0.192 e. The van der Waals surface area contributed by atoms with Gasteiger partial charge in [0, 0.05) is 30.4 Å². The number of nitrogens with one attached hydrogen (secondary N) is 1. The third kappa shape index (κ3) is 5.37. The zero-order valence-corrected chi connectivity index (χ0v) is 22.2. The second-order valence-electron chi connectivity index (χ2n) is 11.0. The minimum atomic E-state index is -1.81. The van der Waals surface area contributed by atoms with E-state index in [0.717, 1.165) is 17.3 Å². The van der Waals surface area contributed by atoms with Crippen LogP contribution in [0.5, 0.6) is 0 Å². The van der Waals surface area contributed by atoms with Gasteiger partial charge in [-0.2, -0.15) is 0 Å². The minimum Gasteiger partial charge on any atom is -0.598 e. The lowest BCUT2D eigenvalue weighted by molar-refractivity contribution is -0.0199. The first kappa shape index (κ1) is 24.3. The normalized spacial score (nSPS) is 27.4. The van der Waals surface area contributed by atoms with E-state index in [-0.39, 0.29) is 15.2 Å². The molecule has 1 atom stereocenters. The van der Waals surface area contributed by atoms with Crippen LogP contribution in [0.25, 0.3) is 0 Å². The van der Waals surface area contributed by atoms with Gasteiger partial charge in [0.1, 0.15) is 10.3 Å². The van der Waals surface area contributed by atoms with Gasteiger partial charge in [-0.3, -0.25) is 0 Å². The van der Waals surface area contributed by atoms with E-state index in [2.05, 4.69) is 71.4 Å². The fourth-order valence-corrected chi connectivity index (χ4v) is 5.49. The van der Waals surface area contributed by atoms with Gasteiger partial charge >= 0.3 is 0 Å². The molecule has 0 saturated heterocycles. The first-order chi connectivity index (χ1) is 12.5. The quantitative estimate of drug-likeness (QED) is 0.432. The Morgan fingerprint density at radius 1 is 1.18 bits per heavy atom. The summed E-state index contributed by atoms with van der Waals surface area (Å²) < 4.78 is 23.3. The van der Waals surface area contributed by atoms with E-state index in [4.69, 9.17) is 4.43 Å². The van der Waals surface area contributed by atoms with E-state index in [1.807, 2.05) is 20.8 Å². The van der Waals surface area contributed by atoms with E-state index in [0.29, 0.717) is 12.4 Å². The Kier molecular flexibility index (Phi) is 6.87. The third-order valence-electron chi connectivity index (χ3n) is 5.94. The van der Waals surface area contributed by atoms with Crippen molar-refractivity contribution < 1.29 is 8.98 Å². The van der Waals surface area contributed by atoms with Crippen molar-refractivity contribution in [3.05, 3.63) is 22.7 Å². The van der Waals surface area contributed by atoms with Gasteiger partial charge in [0.25, 0.3) is 0 Å². The van der Waals surface area contributed by atoms with Gasteiger partial charge in [0.15, 0.2) is 14.1 Å². The Bertz CT molecular complexity index is 680. The Morgan fingerprint density at radius 2 is 1.68 bits per heavy atom. The van der Waals surface area contributed by atoms with Gasteiger partial charge < -0.3 is 8.98 Å². The molecule has 1 aliphatic rings. The van der Waals surface area contributed by atoms with E-state index < -0.39 is 25.2 Å². The number of rotatable bonds is 6. The third-order valence-corrected chi connectivity index (χ3v) is 12.5. The summed E-state index contributed by atoms with van der Waals surface area (Å²) in [7, 11) is -1.81. The zero-order valence-electron chi connectivity index (χ0n) is 18.8. The molecule has 1 aromatic heterocycles. The fraction of sp³-hybridized carbons (Fsp3) is 0.800. The molecule has 0 spiro atoms. The van der Waals surface area contributed by atoms with Crippen LogP contribution in [0.2, 0.25) is 18.1 Å². The molecule has 1 N–H and O–H groups in total. The highest BCUT2D eigenvalue weighted by Gasteiger charge is 2.58. The number of hydrogen-bond donors (Lipinski definition) is 1. The highest BCUT2D eigenvalue weighted by Crippen LogP contribution is 2.54. The first-order valence-corrected chi connectivity index (χ1v) is 14.7. The molecule has 5 nitrogen and oxygen atoms in total. The molecule has 0 radical (unpaired) electrons. The van der Waals surface area contributed by atoms with Crippen LogP contribution in [0.4, 0.5) is 0 Å². The van der Waals surface area contributed by atoms with Crippen molar-refractivity contribution in [2.75, 3.05) is 6.61 Å². The molecule has 8 heteroatoms. The average Bonchev–Trinajstić information content (AvgIpc) is 2.50. The van der Waals surface area contributed by atoms with E-state index in [9.17, 15) is 4.55 Å². The van der Waals surface area contributed by atoms with Crippen LogP contribution in [0.15, 0.2) is 16.9 Å². The van der Waals surface area contributed by atoms with E-state index in [1.165, 1.54) is 0 Å². The lowest BCUT2D eigenvalue weighted by atomic mass is 9.58. The molecule has 0 unspecified atom stereocenters. The van der Waals surface area contributed by atoms with Crippen molar-refractivity contribution in [1.82, 2.24) is 14.7 Å². The van der Waals surface area contributed by atoms with Crippen LogP contribution in [0.3, 0.4) is 0 Å². The van der Waals surface area contributed by atoms with Crippen molar-refractivity contribution >= 4 is 35.6 Å². The lowest BCUT2D eigenvalue weighted by Gasteiger charge is -2.54. The highest BCUT2D eigenvalue weighted by atomic mass is 79.9. The molecule has 0 bridgehead atoms. The number of nitrogens with zero attached hydrogens (tertiary/aromatic N) is 2. The summed E-state index contributed by atoms with van der Waals surface area (Å²) in [5.74, 6) is 0.707. The second-order valence-corrected chi connectivity index (χ2v) is 18.7. The molecular weight excluding hydrogens is 454 g/mol. The Balaban J connectivity index is 2.19. The van der Waals surface area contributed by atoms with Gasteiger partial charge in [0.05, 0.1) is 4.47 Å². The van der Waals surface area contributed by atoms with Gasteiger partial charge in [-0.05, 0) is 73.1 Å². The van der Waals surface area contributed by atoms with Crippen molar-refractivity contribution in [3.8, 4) is 0 Å². The van der Waals surface area contributed by atoms with Crippen molar-refractivity contribution in [2.24, 2.45) is 5.41 Å². The van der Waals surface area contributed by atoms with Gasteiger partial charge in [-0.1, -0.05) is 27.7 Å². The molecular formula is C20H36BrN3O2SSi. The van der Waals surface area contributed by atoms with Crippen molar-refractivity contribution in [1.29, 1.82) is 0 Å². The van der Waals surface area contributed by atoms with Crippen LogP contribution in [0, 0.1) is 5.41 Å². The fourth-order valence-electron chi connectivity index (χ4n) is 3.24. The lowest BCUT2D eigenvalue weighted by Crippen LogP contribution is -2.63. The maximum atomic E-state index is 12.9. The molecule has 0 amide bonds. The monoisotopic (exact) mass is 489 g/mol. The van der Waals surface area contributed by atoms with E-state index >= 15 is 0 Å². The summed E-state index contributed by atoms with van der Waals surface area (Å²) in [6.45, 7) is 20.2. The Hall–Kier alpha value is 0.00688. The number of aromatic nitrogens is 2. The first-order valence-electron chi connectivity index (χ1n) is 9.82.